The van der Waals surface area contributed by atoms with Gasteiger partial charge in [0.1, 0.15) is 0 Å². The van der Waals surface area contributed by atoms with Crippen LogP contribution in [0.4, 0.5) is 0 Å². The second-order valence-electron chi connectivity index (χ2n) is 6.72. The smallest absolute Gasteiger partial charge is 0.222 e. The van der Waals surface area contributed by atoms with E-state index in [4.69, 9.17) is 5.73 Å². The Balaban J connectivity index is 1.54. The molecule has 2 bridgehead atoms. The molecule has 3 aliphatic rings. The zero-order chi connectivity index (χ0) is 13.4. The third kappa shape index (κ3) is 2.63. The van der Waals surface area contributed by atoms with Gasteiger partial charge in [0.25, 0.3) is 0 Å². The first kappa shape index (κ1) is 12.9. The van der Waals surface area contributed by atoms with E-state index in [9.17, 15) is 9.59 Å². The second kappa shape index (κ2) is 5.14. The van der Waals surface area contributed by atoms with E-state index >= 15 is 0 Å². The normalized spacial score (nSPS) is 37.6. The highest BCUT2D eigenvalue weighted by molar-refractivity contribution is 5.80. The summed E-state index contributed by atoms with van der Waals surface area (Å²) in [6.07, 6.45) is 7.76. The first-order valence-corrected chi connectivity index (χ1v) is 7.70. The van der Waals surface area contributed by atoms with Crippen LogP contribution < -0.4 is 5.73 Å². The average molecular weight is 264 g/mol. The van der Waals surface area contributed by atoms with Crippen molar-refractivity contribution in [1.82, 2.24) is 4.90 Å². The molecule has 1 saturated heterocycles. The lowest BCUT2D eigenvalue weighted by Crippen LogP contribution is -2.44. The molecule has 19 heavy (non-hydrogen) atoms. The van der Waals surface area contributed by atoms with E-state index in [-0.39, 0.29) is 17.7 Å². The predicted octanol–water partition coefficient (Wildman–Crippen LogP) is 1.54. The number of likely N-dealkylation sites (tertiary alicyclic amines) is 1. The molecule has 3 fully saturated rings. The van der Waals surface area contributed by atoms with Crippen molar-refractivity contribution in [2.45, 2.75) is 44.9 Å². The largest absolute Gasteiger partial charge is 0.369 e. The third-order valence-corrected chi connectivity index (χ3v) is 5.50. The van der Waals surface area contributed by atoms with Crippen LogP contribution in [0.25, 0.3) is 0 Å². The van der Waals surface area contributed by atoms with Gasteiger partial charge in [-0.3, -0.25) is 9.59 Å². The fraction of sp³-hybridized carbons (Fsp3) is 0.867. The first-order chi connectivity index (χ1) is 9.13. The van der Waals surface area contributed by atoms with Gasteiger partial charge >= 0.3 is 0 Å². The molecular formula is C15H24N2O2. The molecular weight excluding hydrogens is 240 g/mol. The van der Waals surface area contributed by atoms with Gasteiger partial charge in [0.2, 0.25) is 11.8 Å². The molecule has 106 valence electrons. The quantitative estimate of drug-likeness (QED) is 0.840. The van der Waals surface area contributed by atoms with Gasteiger partial charge in [0.15, 0.2) is 0 Å². The lowest BCUT2D eigenvalue weighted by Gasteiger charge is -2.33. The number of rotatable bonds is 3. The Morgan fingerprint density at radius 1 is 1.16 bits per heavy atom. The monoisotopic (exact) mass is 264 g/mol. The molecule has 3 rings (SSSR count). The highest BCUT2D eigenvalue weighted by atomic mass is 16.2. The summed E-state index contributed by atoms with van der Waals surface area (Å²) in [5.74, 6) is 2.17. The number of piperidine rings is 1. The summed E-state index contributed by atoms with van der Waals surface area (Å²) in [4.78, 5) is 25.5. The molecule has 2 N–H and O–H groups in total. The van der Waals surface area contributed by atoms with Crippen LogP contribution in [0.3, 0.4) is 0 Å². The molecule has 1 heterocycles. The molecule has 4 heteroatoms. The minimum atomic E-state index is -0.252. The number of carbonyl (C=O) groups excluding carboxylic acids is 2. The van der Waals surface area contributed by atoms with Crippen molar-refractivity contribution in [2.75, 3.05) is 13.1 Å². The van der Waals surface area contributed by atoms with E-state index in [1.165, 1.54) is 25.7 Å². The van der Waals surface area contributed by atoms with Gasteiger partial charge in [-0.1, -0.05) is 6.42 Å². The molecule has 2 aliphatic carbocycles. The molecule has 0 spiro atoms. The summed E-state index contributed by atoms with van der Waals surface area (Å²) in [5.41, 5.74) is 5.37. The van der Waals surface area contributed by atoms with Crippen LogP contribution in [0.5, 0.6) is 0 Å². The summed E-state index contributed by atoms with van der Waals surface area (Å²) in [6, 6.07) is 0. The van der Waals surface area contributed by atoms with Crippen molar-refractivity contribution in [3.05, 3.63) is 0 Å². The fourth-order valence-corrected chi connectivity index (χ4v) is 4.42. The van der Waals surface area contributed by atoms with E-state index in [1.807, 2.05) is 4.90 Å². The third-order valence-electron chi connectivity index (χ3n) is 5.50. The summed E-state index contributed by atoms with van der Waals surface area (Å²) >= 11 is 0. The van der Waals surface area contributed by atoms with Crippen molar-refractivity contribution < 1.29 is 9.59 Å². The summed E-state index contributed by atoms with van der Waals surface area (Å²) in [5, 5.41) is 0. The van der Waals surface area contributed by atoms with Gasteiger partial charge in [0, 0.05) is 19.5 Å². The maximum absolute atomic E-state index is 12.4. The molecule has 1 aliphatic heterocycles. The number of carbonyl (C=O) groups is 2. The summed E-state index contributed by atoms with van der Waals surface area (Å²) < 4.78 is 0. The van der Waals surface area contributed by atoms with Crippen LogP contribution in [0.1, 0.15) is 44.9 Å². The van der Waals surface area contributed by atoms with Crippen molar-refractivity contribution in [2.24, 2.45) is 29.4 Å². The van der Waals surface area contributed by atoms with Crippen LogP contribution in [0.15, 0.2) is 0 Å². The molecule has 4 atom stereocenters. The highest BCUT2D eigenvalue weighted by Crippen LogP contribution is 2.49. The van der Waals surface area contributed by atoms with Gasteiger partial charge in [-0.25, -0.2) is 0 Å². The Morgan fingerprint density at radius 3 is 2.63 bits per heavy atom. The number of nitrogens with zero attached hydrogens (tertiary/aromatic N) is 1. The Hall–Kier alpha value is -1.06. The van der Waals surface area contributed by atoms with Gasteiger partial charge in [-0.15, -0.1) is 0 Å². The molecule has 0 aromatic carbocycles. The Bertz CT molecular complexity index is 382. The summed E-state index contributed by atoms with van der Waals surface area (Å²) in [6.45, 7) is 1.36. The van der Waals surface area contributed by atoms with Crippen molar-refractivity contribution in [3.8, 4) is 0 Å². The maximum atomic E-state index is 12.4. The SMILES string of the molecule is NC(=O)C1CCCN(C(=O)CC2CC3CCC2C3)C1. The van der Waals surface area contributed by atoms with E-state index in [0.717, 1.165) is 31.2 Å². The van der Waals surface area contributed by atoms with Crippen LogP contribution >= 0.6 is 0 Å². The zero-order valence-corrected chi connectivity index (χ0v) is 11.5. The van der Waals surface area contributed by atoms with E-state index in [0.29, 0.717) is 18.9 Å². The Kier molecular flexibility index (Phi) is 3.50. The topological polar surface area (TPSA) is 63.4 Å². The number of amides is 2. The number of primary amides is 1. The number of hydrogen-bond acceptors (Lipinski definition) is 2. The Labute approximate surface area is 114 Å². The molecule has 0 radical (unpaired) electrons. The standard InChI is InChI=1S/C15H24N2O2/c16-15(19)12-2-1-5-17(9-12)14(18)8-13-7-10-3-4-11(13)6-10/h10-13H,1-9H2,(H2,16,19). The predicted molar refractivity (Wildman–Crippen MR) is 72.1 cm³/mol. The number of hydrogen-bond donors (Lipinski definition) is 1. The van der Waals surface area contributed by atoms with Gasteiger partial charge in [-0.2, -0.15) is 0 Å². The molecule has 2 saturated carbocycles. The molecule has 0 aromatic rings. The molecule has 4 nitrogen and oxygen atoms in total. The van der Waals surface area contributed by atoms with Crippen LogP contribution in [-0.4, -0.2) is 29.8 Å². The Morgan fingerprint density at radius 2 is 2.00 bits per heavy atom. The second-order valence-corrected chi connectivity index (χ2v) is 6.72. The lowest BCUT2D eigenvalue weighted by atomic mass is 9.85. The van der Waals surface area contributed by atoms with Gasteiger partial charge in [-0.05, 0) is 49.9 Å². The fourth-order valence-electron chi connectivity index (χ4n) is 4.42. The molecule has 2 amide bonds. The van der Waals surface area contributed by atoms with E-state index in [2.05, 4.69) is 0 Å². The van der Waals surface area contributed by atoms with Crippen molar-refractivity contribution in [1.29, 1.82) is 0 Å². The average Bonchev–Trinajstić information content (AvgIpc) is 3.01. The first-order valence-electron chi connectivity index (χ1n) is 7.70. The van der Waals surface area contributed by atoms with Crippen molar-refractivity contribution >= 4 is 11.8 Å². The van der Waals surface area contributed by atoms with Crippen molar-refractivity contribution in [3.63, 3.8) is 0 Å². The van der Waals surface area contributed by atoms with Gasteiger partial charge < -0.3 is 10.6 Å². The number of nitrogens with two attached hydrogens (primary N) is 1. The lowest BCUT2D eigenvalue weighted by molar-refractivity contribution is -0.136. The maximum Gasteiger partial charge on any atom is 0.222 e. The molecule has 0 aromatic heterocycles. The number of fused-ring (bicyclic) bond motifs is 2. The minimum absolute atomic E-state index is 0.127. The molecule has 4 unspecified atom stereocenters. The van der Waals surface area contributed by atoms with E-state index in [1.54, 1.807) is 0 Å². The van der Waals surface area contributed by atoms with Crippen LogP contribution in [0, 0.1) is 23.7 Å². The zero-order valence-electron chi connectivity index (χ0n) is 11.5. The van der Waals surface area contributed by atoms with Crippen LogP contribution in [0.2, 0.25) is 0 Å². The minimum Gasteiger partial charge on any atom is -0.369 e. The summed E-state index contributed by atoms with van der Waals surface area (Å²) in [7, 11) is 0. The highest BCUT2D eigenvalue weighted by Gasteiger charge is 2.41. The van der Waals surface area contributed by atoms with Crippen LogP contribution in [-0.2, 0) is 9.59 Å². The van der Waals surface area contributed by atoms with E-state index < -0.39 is 0 Å². The van der Waals surface area contributed by atoms with Gasteiger partial charge in [0.05, 0.1) is 5.92 Å².